The number of aromatic nitrogens is 1. The summed E-state index contributed by atoms with van der Waals surface area (Å²) in [5, 5.41) is 13.8. The van der Waals surface area contributed by atoms with Crippen molar-refractivity contribution in [3.05, 3.63) is 56.2 Å². The number of sulfonamides is 1. The summed E-state index contributed by atoms with van der Waals surface area (Å²) in [6.45, 7) is 3.15. The van der Waals surface area contributed by atoms with Gasteiger partial charge in [0.05, 0.1) is 28.5 Å². The van der Waals surface area contributed by atoms with Gasteiger partial charge >= 0.3 is 4.87 Å². The number of non-ortho nitro benzene ring substituents is 1. The van der Waals surface area contributed by atoms with Gasteiger partial charge in [0.2, 0.25) is 15.9 Å². The molecule has 1 aromatic heterocycles. The average Bonchev–Trinajstić information content (AvgIpc) is 3.05. The number of nitrogens with zero attached hydrogens (tertiary/aromatic N) is 3. The first-order valence-corrected chi connectivity index (χ1v) is 12.3. The minimum Gasteiger partial charge on any atom is -0.495 e. The first-order chi connectivity index (χ1) is 15.4. The van der Waals surface area contributed by atoms with E-state index in [4.69, 9.17) is 4.74 Å². The third kappa shape index (κ3) is 5.14. The summed E-state index contributed by atoms with van der Waals surface area (Å²) in [5.41, 5.74) is 0.628. The molecule has 11 nitrogen and oxygen atoms in total. The molecule has 2 aromatic carbocycles. The van der Waals surface area contributed by atoms with Crippen LogP contribution in [0.2, 0.25) is 0 Å². The Labute approximate surface area is 193 Å². The van der Waals surface area contributed by atoms with Crippen molar-refractivity contribution in [1.82, 2.24) is 4.57 Å². The molecule has 1 N–H and O–H groups in total. The quantitative estimate of drug-likeness (QED) is 0.375. The molecule has 176 valence electrons. The van der Waals surface area contributed by atoms with E-state index < -0.39 is 27.4 Å². The molecule has 0 radical (unpaired) electrons. The van der Waals surface area contributed by atoms with Gasteiger partial charge in [-0.3, -0.25) is 28.6 Å². The van der Waals surface area contributed by atoms with E-state index in [2.05, 4.69) is 5.32 Å². The lowest BCUT2D eigenvalue weighted by molar-refractivity contribution is -0.384. The Morgan fingerprint density at radius 1 is 1.27 bits per heavy atom. The molecule has 0 atom stereocenters. The highest BCUT2D eigenvalue weighted by Crippen LogP contribution is 2.33. The largest absolute Gasteiger partial charge is 0.495 e. The van der Waals surface area contributed by atoms with Crippen LogP contribution < -0.4 is 19.2 Å². The van der Waals surface area contributed by atoms with Crippen molar-refractivity contribution < 1.29 is 22.9 Å². The van der Waals surface area contributed by atoms with Crippen LogP contribution in [0, 0.1) is 10.1 Å². The van der Waals surface area contributed by atoms with Crippen molar-refractivity contribution in [2.75, 3.05) is 29.5 Å². The molecule has 0 bridgehead atoms. The normalized spacial score (nSPS) is 11.5. The predicted molar refractivity (Wildman–Crippen MR) is 127 cm³/mol. The average molecular weight is 495 g/mol. The zero-order valence-electron chi connectivity index (χ0n) is 18.3. The Kier molecular flexibility index (Phi) is 6.74. The molecule has 1 amide bonds. The zero-order chi connectivity index (χ0) is 24.5. The molecule has 0 aliphatic heterocycles. The highest BCUT2D eigenvalue weighted by Gasteiger charge is 2.26. The van der Waals surface area contributed by atoms with Gasteiger partial charge in [-0.25, -0.2) is 8.42 Å². The van der Waals surface area contributed by atoms with Crippen LogP contribution in [0.5, 0.6) is 5.75 Å². The number of hydrogen-bond donors (Lipinski definition) is 1. The SMILES string of the molecule is COc1ccc([N+](=O)[O-])cc1N(CC(=O)Nc1ccc2c(c1)sc(=O)n2C(C)C)S(C)(=O)=O. The lowest BCUT2D eigenvalue weighted by Crippen LogP contribution is -2.37. The maximum atomic E-state index is 12.7. The van der Waals surface area contributed by atoms with Crippen LogP contribution in [0.3, 0.4) is 0 Å². The summed E-state index contributed by atoms with van der Waals surface area (Å²) in [4.78, 5) is 35.3. The molecule has 0 saturated carbocycles. The fourth-order valence-corrected chi connectivity index (χ4v) is 5.21. The maximum Gasteiger partial charge on any atom is 0.308 e. The van der Waals surface area contributed by atoms with E-state index in [0.29, 0.717) is 10.4 Å². The van der Waals surface area contributed by atoms with Crippen molar-refractivity contribution in [3.63, 3.8) is 0 Å². The first kappa shape index (κ1) is 24.2. The van der Waals surface area contributed by atoms with Gasteiger partial charge in [0.1, 0.15) is 18.0 Å². The Balaban J connectivity index is 1.92. The van der Waals surface area contributed by atoms with Gasteiger partial charge in [-0.05, 0) is 38.1 Å². The Morgan fingerprint density at radius 2 is 1.97 bits per heavy atom. The van der Waals surface area contributed by atoms with E-state index in [1.54, 1.807) is 22.8 Å². The highest BCUT2D eigenvalue weighted by molar-refractivity contribution is 7.92. The van der Waals surface area contributed by atoms with Gasteiger partial charge in [-0.2, -0.15) is 0 Å². The second kappa shape index (κ2) is 9.19. The molecule has 0 aliphatic rings. The van der Waals surface area contributed by atoms with E-state index in [1.807, 2.05) is 13.8 Å². The molecular weight excluding hydrogens is 472 g/mol. The van der Waals surface area contributed by atoms with Gasteiger partial charge in [0.15, 0.2) is 0 Å². The van der Waals surface area contributed by atoms with Crippen molar-refractivity contribution in [3.8, 4) is 5.75 Å². The molecule has 0 unspecified atom stereocenters. The van der Waals surface area contributed by atoms with E-state index in [9.17, 15) is 28.1 Å². The van der Waals surface area contributed by atoms with Gasteiger partial charge in [-0.15, -0.1) is 0 Å². The molecule has 0 aliphatic carbocycles. The Morgan fingerprint density at radius 3 is 2.55 bits per heavy atom. The smallest absolute Gasteiger partial charge is 0.308 e. The number of carbonyl (C=O) groups is 1. The third-order valence-corrected chi connectivity index (χ3v) is 6.79. The van der Waals surface area contributed by atoms with Gasteiger partial charge < -0.3 is 10.1 Å². The van der Waals surface area contributed by atoms with Crippen molar-refractivity contribution >= 4 is 54.5 Å². The number of carbonyl (C=O) groups excluding carboxylic acids is 1. The fraction of sp³-hybridized carbons (Fsp3) is 0.300. The third-order valence-electron chi connectivity index (χ3n) is 4.74. The minimum absolute atomic E-state index is 0.0279. The second-order valence-corrected chi connectivity index (χ2v) is 10.3. The minimum atomic E-state index is -4.00. The van der Waals surface area contributed by atoms with Crippen molar-refractivity contribution in [1.29, 1.82) is 0 Å². The number of anilines is 2. The number of methoxy groups -OCH3 is 1. The topological polar surface area (TPSA) is 141 Å². The van der Waals surface area contributed by atoms with Crippen LogP contribution in [0.25, 0.3) is 10.2 Å². The number of benzene rings is 2. The summed E-state index contributed by atoms with van der Waals surface area (Å²) >= 11 is 1.04. The van der Waals surface area contributed by atoms with Gasteiger partial charge in [-0.1, -0.05) is 11.3 Å². The zero-order valence-corrected chi connectivity index (χ0v) is 19.9. The van der Waals surface area contributed by atoms with Crippen LogP contribution in [0.4, 0.5) is 17.1 Å². The molecule has 3 aromatic rings. The van der Waals surface area contributed by atoms with Gasteiger partial charge in [0, 0.05) is 23.9 Å². The van der Waals surface area contributed by atoms with E-state index in [0.717, 1.165) is 33.5 Å². The summed E-state index contributed by atoms with van der Waals surface area (Å²) < 4.78 is 33.1. The number of thiazole rings is 1. The number of amides is 1. The summed E-state index contributed by atoms with van der Waals surface area (Å²) in [6.07, 6.45) is 0.886. The van der Waals surface area contributed by atoms with Crippen LogP contribution >= 0.6 is 11.3 Å². The predicted octanol–water partition coefficient (Wildman–Crippen LogP) is 2.97. The van der Waals surface area contributed by atoms with Crippen molar-refractivity contribution in [2.24, 2.45) is 0 Å². The molecule has 0 fully saturated rings. The summed E-state index contributed by atoms with van der Waals surface area (Å²) in [6, 6.07) is 8.40. The first-order valence-electron chi connectivity index (χ1n) is 9.67. The summed E-state index contributed by atoms with van der Waals surface area (Å²) in [7, 11) is -2.71. The Hall–Kier alpha value is -3.45. The number of nitrogens with one attached hydrogen (secondary N) is 1. The highest BCUT2D eigenvalue weighted by atomic mass is 32.2. The number of hydrogen-bond acceptors (Lipinski definition) is 8. The molecule has 33 heavy (non-hydrogen) atoms. The van der Waals surface area contributed by atoms with Crippen LogP contribution in [-0.4, -0.2) is 43.7 Å². The Bertz CT molecular complexity index is 1390. The van der Waals surface area contributed by atoms with E-state index in [-0.39, 0.29) is 28.0 Å². The molecule has 1 heterocycles. The lowest BCUT2D eigenvalue weighted by atomic mass is 10.2. The number of nitro groups is 1. The van der Waals surface area contributed by atoms with Crippen LogP contribution in [0.15, 0.2) is 41.2 Å². The van der Waals surface area contributed by atoms with E-state index in [1.165, 1.54) is 19.2 Å². The van der Waals surface area contributed by atoms with Crippen molar-refractivity contribution in [2.45, 2.75) is 19.9 Å². The molecule has 0 saturated heterocycles. The molecule has 3 rings (SSSR count). The number of fused-ring (bicyclic) bond motifs is 1. The molecule has 0 spiro atoms. The fourth-order valence-electron chi connectivity index (χ4n) is 3.30. The van der Waals surface area contributed by atoms with E-state index >= 15 is 0 Å². The molecular formula is C20H22N4O7S2. The van der Waals surface area contributed by atoms with Crippen LogP contribution in [0.1, 0.15) is 19.9 Å². The molecule has 13 heteroatoms. The summed E-state index contributed by atoms with van der Waals surface area (Å²) in [5.74, 6) is -0.621. The number of rotatable bonds is 8. The number of nitro benzene ring substituents is 1. The number of ether oxygens (including phenoxy) is 1. The monoisotopic (exact) mass is 494 g/mol. The lowest BCUT2D eigenvalue weighted by Gasteiger charge is -2.23. The maximum absolute atomic E-state index is 12.7. The van der Waals surface area contributed by atoms with Crippen LogP contribution in [-0.2, 0) is 14.8 Å². The second-order valence-electron chi connectivity index (χ2n) is 7.45. The standard InChI is InChI=1S/C20H22N4O7S2/c1-12(2)23-15-7-5-13(9-18(15)32-20(23)26)21-19(25)11-22(33(4,29)30)16-10-14(24(27)28)6-8-17(16)31-3/h5-10,12H,11H2,1-4H3,(H,21,25). The van der Waals surface area contributed by atoms with Gasteiger partial charge in [0.25, 0.3) is 5.69 Å².